The van der Waals surface area contributed by atoms with Crippen LogP contribution in [0.3, 0.4) is 0 Å². The van der Waals surface area contributed by atoms with Crippen LogP contribution in [-0.4, -0.2) is 36.9 Å². The molecule has 2 aromatic rings. The molecule has 29 heavy (non-hydrogen) atoms. The van der Waals surface area contributed by atoms with Crippen LogP contribution in [0.2, 0.25) is 0 Å². The molecule has 5 bridgehead atoms. The summed E-state index contributed by atoms with van der Waals surface area (Å²) in [4.78, 5) is 15.7. The Hall–Kier alpha value is -2.33. The molecule has 6 atom stereocenters. The maximum Gasteiger partial charge on any atom is 0.340 e. The lowest BCUT2D eigenvalue weighted by Crippen LogP contribution is -2.63. The third-order valence-corrected chi connectivity index (χ3v) is 8.63. The number of esters is 1. The first-order valence-corrected chi connectivity index (χ1v) is 11.0. The maximum absolute atomic E-state index is 13.2. The fourth-order valence-corrected chi connectivity index (χ4v) is 7.88. The summed E-state index contributed by atoms with van der Waals surface area (Å²) in [5.41, 5.74) is 3.18. The van der Waals surface area contributed by atoms with Crippen LogP contribution in [0.25, 0.3) is 0 Å². The molecular weight excluding hydrogens is 362 g/mol. The Kier molecular flexibility index (Phi) is 2.86. The topological polar surface area (TPSA) is 38.8 Å². The molecule has 0 N–H and O–H groups in total. The molecular formula is C25H25NO3. The van der Waals surface area contributed by atoms with Gasteiger partial charge in [-0.15, -0.1) is 0 Å². The molecule has 148 valence electrons. The van der Waals surface area contributed by atoms with Gasteiger partial charge in [-0.2, -0.15) is 0 Å². The molecule has 4 heteroatoms. The van der Waals surface area contributed by atoms with E-state index in [1.54, 1.807) is 0 Å². The highest BCUT2D eigenvalue weighted by atomic mass is 16.6. The highest BCUT2D eigenvalue weighted by Gasteiger charge is 2.90. The maximum atomic E-state index is 13.2. The Morgan fingerprint density at radius 1 is 1.17 bits per heavy atom. The van der Waals surface area contributed by atoms with E-state index in [0.29, 0.717) is 25.1 Å². The van der Waals surface area contributed by atoms with E-state index in [4.69, 9.17) is 9.47 Å². The molecule has 2 aromatic carbocycles. The SMILES string of the molecule is CCOC(=O)[C@]12C[C@@H]3CC[C@@]4(c5ccccc5)[C@H](O1)[C@@]41c4ccccc4N(C2)C31. The van der Waals surface area contributed by atoms with Gasteiger partial charge in [-0.3, -0.25) is 0 Å². The smallest absolute Gasteiger partial charge is 0.340 e. The van der Waals surface area contributed by atoms with Gasteiger partial charge >= 0.3 is 5.97 Å². The predicted octanol–water partition coefficient (Wildman–Crippen LogP) is 3.58. The van der Waals surface area contributed by atoms with E-state index in [2.05, 4.69) is 59.5 Å². The molecule has 5 fully saturated rings. The molecule has 0 amide bonds. The van der Waals surface area contributed by atoms with Crippen molar-refractivity contribution in [3.05, 3.63) is 65.7 Å². The largest absolute Gasteiger partial charge is 0.464 e. The highest BCUT2D eigenvalue weighted by Crippen LogP contribution is 2.81. The Balaban J connectivity index is 1.50. The standard InChI is InChI=1S/C25H25NO3/c1-2-28-22(27)23-14-16-12-13-24(17-8-4-3-5-9-17)21(29-23)25(24)18-10-6-7-11-19(18)26(15-23)20(16)25/h3-11,16,20-21H,2,12-15H2,1H3/t16-,20?,21-,23+,24+,25-/m0/s1. The molecule has 4 aliphatic heterocycles. The summed E-state index contributed by atoms with van der Waals surface area (Å²) in [5, 5.41) is 0. The minimum Gasteiger partial charge on any atom is -0.464 e. The van der Waals surface area contributed by atoms with Gasteiger partial charge in [0.05, 0.1) is 24.7 Å². The van der Waals surface area contributed by atoms with Crippen molar-refractivity contribution in [3.8, 4) is 0 Å². The van der Waals surface area contributed by atoms with Crippen LogP contribution in [0, 0.1) is 5.92 Å². The zero-order valence-electron chi connectivity index (χ0n) is 16.6. The molecule has 0 radical (unpaired) electrons. The summed E-state index contributed by atoms with van der Waals surface area (Å²) >= 11 is 0. The fourth-order valence-electron chi connectivity index (χ4n) is 7.88. The number of hydrogen-bond donors (Lipinski definition) is 0. The molecule has 4 nitrogen and oxygen atoms in total. The van der Waals surface area contributed by atoms with E-state index in [9.17, 15) is 4.79 Å². The van der Waals surface area contributed by atoms with E-state index in [1.807, 2.05) is 6.92 Å². The van der Waals surface area contributed by atoms with Crippen LogP contribution in [0.15, 0.2) is 54.6 Å². The van der Waals surface area contributed by atoms with Gasteiger partial charge in [-0.1, -0.05) is 48.5 Å². The van der Waals surface area contributed by atoms with Gasteiger partial charge in [-0.05, 0) is 49.3 Å². The number of carbonyl (C=O) groups is 1. The second kappa shape index (κ2) is 5.04. The van der Waals surface area contributed by atoms with Crippen LogP contribution >= 0.6 is 0 Å². The number of carbonyl (C=O) groups excluding carboxylic acids is 1. The summed E-state index contributed by atoms with van der Waals surface area (Å²) in [6, 6.07) is 20.2. The van der Waals surface area contributed by atoms with Crippen molar-refractivity contribution in [1.82, 2.24) is 0 Å². The predicted molar refractivity (Wildman–Crippen MR) is 109 cm³/mol. The van der Waals surface area contributed by atoms with Crippen molar-refractivity contribution >= 4 is 11.7 Å². The van der Waals surface area contributed by atoms with Crippen molar-refractivity contribution in [2.45, 2.75) is 54.8 Å². The zero-order chi connectivity index (χ0) is 19.4. The first-order valence-electron chi connectivity index (χ1n) is 11.0. The Morgan fingerprint density at radius 2 is 1.97 bits per heavy atom. The summed E-state index contributed by atoms with van der Waals surface area (Å²) in [6.45, 7) is 2.90. The average Bonchev–Trinajstić information content (AvgIpc) is 3.30. The van der Waals surface area contributed by atoms with Crippen molar-refractivity contribution in [1.29, 1.82) is 0 Å². The van der Waals surface area contributed by atoms with E-state index in [-0.39, 0.29) is 22.9 Å². The van der Waals surface area contributed by atoms with Crippen molar-refractivity contribution in [2.24, 2.45) is 5.92 Å². The van der Waals surface area contributed by atoms with E-state index in [0.717, 1.165) is 19.3 Å². The van der Waals surface area contributed by atoms with Gasteiger partial charge in [0.2, 0.25) is 0 Å². The monoisotopic (exact) mass is 387 g/mol. The quantitative estimate of drug-likeness (QED) is 0.755. The minimum atomic E-state index is -0.839. The van der Waals surface area contributed by atoms with E-state index < -0.39 is 5.60 Å². The third kappa shape index (κ3) is 1.57. The molecule has 6 aliphatic rings. The van der Waals surface area contributed by atoms with Crippen LogP contribution in [0.5, 0.6) is 0 Å². The number of fused-ring (bicyclic) bond motifs is 1. The van der Waals surface area contributed by atoms with Gasteiger partial charge in [0, 0.05) is 17.1 Å². The van der Waals surface area contributed by atoms with Crippen LogP contribution in [0.4, 0.5) is 5.69 Å². The summed E-state index contributed by atoms with van der Waals surface area (Å²) in [6.07, 6.45) is 3.11. The zero-order valence-corrected chi connectivity index (χ0v) is 16.6. The Morgan fingerprint density at radius 3 is 2.79 bits per heavy atom. The second-order valence-electron chi connectivity index (χ2n) is 9.51. The summed E-state index contributed by atoms with van der Waals surface area (Å²) in [7, 11) is 0. The van der Waals surface area contributed by atoms with Crippen LogP contribution in [-0.2, 0) is 25.1 Å². The molecule has 1 spiro atoms. The fraction of sp³-hybridized carbons (Fsp3) is 0.480. The molecule has 0 aromatic heterocycles. The molecule has 2 aliphatic carbocycles. The number of hydrogen-bond acceptors (Lipinski definition) is 4. The number of anilines is 1. The number of benzene rings is 2. The number of para-hydroxylation sites is 1. The Labute approximate surface area is 170 Å². The van der Waals surface area contributed by atoms with E-state index >= 15 is 0 Å². The molecule has 4 heterocycles. The Bertz CT molecular complexity index is 1040. The normalized spacial score (nSPS) is 42.2. The lowest BCUT2D eigenvalue weighted by molar-refractivity contribution is -0.178. The first-order chi connectivity index (χ1) is 14.2. The lowest BCUT2D eigenvalue weighted by Gasteiger charge is -2.51. The van der Waals surface area contributed by atoms with Crippen LogP contribution in [0.1, 0.15) is 37.3 Å². The van der Waals surface area contributed by atoms with Gasteiger partial charge in [0.25, 0.3) is 0 Å². The van der Waals surface area contributed by atoms with Gasteiger partial charge in [0.15, 0.2) is 5.60 Å². The van der Waals surface area contributed by atoms with Crippen molar-refractivity contribution in [2.75, 3.05) is 18.1 Å². The first kappa shape index (κ1) is 16.5. The van der Waals surface area contributed by atoms with Gasteiger partial charge in [0.1, 0.15) is 0 Å². The summed E-state index contributed by atoms with van der Waals surface area (Å²) < 4.78 is 12.5. The number of piperidine rings is 1. The van der Waals surface area contributed by atoms with Crippen LogP contribution < -0.4 is 4.90 Å². The average molecular weight is 387 g/mol. The van der Waals surface area contributed by atoms with E-state index in [1.165, 1.54) is 16.8 Å². The number of nitrogens with zero attached hydrogens (tertiary/aromatic N) is 1. The molecule has 3 saturated heterocycles. The molecule has 1 unspecified atom stereocenters. The minimum absolute atomic E-state index is 0.0351. The highest BCUT2D eigenvalue weighted by molar-refractivity contribution is 5.85. The van der Waals surface area contributed by atoms with Crippen molar-refractivity contribution < 1.29 is 14.3 Å². The number of rotatable bonds is 3. The number of ether oxygens (including phenoxy) is 2. The van der Waals surface area contributed by atoms with Gasteiger partial charge < -0.3 is 14.4 Å². The third-order valence-electron chi connectivity index (χ3n) is 8.63. The lowest BCUT2D eigenvalue weighted by atomic mass is 9.63. The van der Waals surface area contributed by atoms with Crippen molar-refractivity contribution in [3.63, 3.8) is 0 Å². The molecule has 8 rings (SSSR count). The van der Waals surface area contributed by atoms with Gasteiger partial charge in [-0.25, -0.2) is 4.79 Å². The summed E-state index contributed by atoms with van der Waals surface area (Å²) in [5.74, 6) is 0.296. The second-order valence-corrected chi connectivity index (χ2v) is 9.51. The molecule has 2 saturated carbocycles.